The molecule has 0 saturated carbocycles. The minimum Gasteiger partial charge on any atom is -0.357 e. The van der Waals surface area contributed by atoms with Gasteiger partial charge in [-0.2, -0.15) is 0 Å². The van der Waals surface area contributed by atoms with Gasteiger partial charge < -0.3 is 5.32 Å². The van der Waals surface area contributed by atoms with E-state index in [1.165, 1.54) is 19.1 Å². The Morgan fingerprint density at radius 3 is 2.50 bits per heavy atom. The quantitative estimate of drug-likeness (QED) is 0.894. The summed E-state index contributed by atoms with van der Waals surface area (Å²) in [6, 6.07) is 2.66. The molecule has 2 aromatic rings. The first-order chi connectivity index (χ1) is 8.54. The lowest BCUT2D eigenvalue weighted by Crippen LogP contribution is -2.02. The summed E-state index contributed by atoms with van der Waals surface area (Å²) in [5, 5.41) is 2.60. The van der Waals surface area contributed by atoms with Gasteiger partial charge in [0.2, 0.25) is 5.95 Å². The molecular formula is C12H10F3N3. The third-order valence-electron chi connectivity index (χ3n) is 2.50. The number of hydrogen-bond donors (Lipinski definition) is 1. The molecule has 0 saturated heterocycles. The smallest absolute Gasteiger partial charge is 0.223 e. The van der Waals surface area contributed by atoms with E-state index in [1.807, 2.05) is 0 Å². The van der Waals surface area contributed by atoms with E-state index in [1.54, 1.807) is 7.05 Å². The summed E-state index contributed by atoms with van der Waals surface area (Å²) in [5.41, 5.74) is -0.347. The summed E-state index contributed by atoms with van der Waals surface area (Å²) in [4.78, 5) is 7.43. The molecule has 1 heterocycles. The second-order valence-electron chi connectivity index (χ2n) is 3.70. The average molecular weight is 253 g/mol. The second kappa shape index (κ2) is 4.64. The van der Waals surface area contributed by atoms with Crippen molar-refractivity contribution in [3.05, 3.63) is 41.3 Å². The van der Waals surface area contributed by atoms with Crippen LogP contribution in [-0.2, 0) is 0 Å². The Hall–Kier alpha value is -2.11. The Kier molecular flexibility index (Phi) is 3.18. The van der Waals surface area contributed by atoms with E-state index >= 15 is 0 Å². The van der Waals surface area contributed by atoms with Crippen molar-refractivity contribution < 1.29 is 13.2 Å². The minimum atomic E-state index is -1.12. The molecule has 0 spiro atoms. The minimum absolute atomic E-state index is 0.131. The molecule has 1 aromatic carbocycles. The molecule has 0 aliphatic carbocycles. The standard InChI is InChI=1S/C12H10F3N3/c1-6-3-4-7(10(15)9(6)14)11-8(13)5-17-12(16-2)18-11/h3-5H,1-2H3,(H,16,17,18). The number of hydrogen-bond acceptors (Lipinski definition) is 3. The fourth-order valence-electron chi connectivity index (χ4n) is 1.51. The molecule has 0 aliphatic heterocycles. The molecule has 0 fully saturated rings. The van der Waals surface area contributed by atoms with Crippen LogP contribution >= 0.6 is 0 Å². The topological polar surface area (TPSA) is 37.8 Å². The van der Waals surface area contributed by atoms with Crippen LogP contribution in [0, 0.1) is 24.4 Å². The van der Waals surface area contributed by atoms with Gasteiger partial charge in [0.15, 0.2) is 17.5 Å². The monoisotopic (exact) mass is 253 g/mol. The van der Waals surface area contributed by atoms with Crippen molar-refractivity contribution in [2.75, 3.05) is 12.4 Å². The van der Waals surface area contributed by atoms with E-state index in [9.17, 15) is 13.2 Å². The van der Waals surface area contributed by atoms with Gasteiger partial charge in [-0.1, -0.05) is 6.07 Å². The lowest BCUT2D eigenvalue weighted by molar-refractivity contribution is 0.504. The number of aryl methyl sites for hydroxylation is 1. The Balaban J connectivity index is 2.65. The Morgan fingerprint density at radius 1 is 1.11 bits per heavy atom. The summed E-state index contributed by atoms with van der Waals surface area (Å²) >= 11 is 0. The molecule has 1 N–H and O–H groups in total. The Morgan fingerprint density at radius 2 is 1.83 bits per heavy atom. The molecule has 0 unspecified atom stereocenters. The van der Waals surface area contributed by atoms with Gasteiger partial charge in [-0.25, -0.2) is 23.1 Å². The van der Waals surface area contributed by atoms with Crippen molar-refractivity contribution in [3.63, 3.8) is 0 Å². The third kappa shape index (κ3) is 2.01. The number of benzene rings is 1. The summed E-state index contributed by atoms with van der Waals surface area (Å²) in [6.45, 7) is 1.43. The van der Waals surface area contributed by atoms with Crippen LogP contribution in [0.15, 0.2) is 18.3 Å². The van der Waals surface area contributed by atoms with Crippen molar-refractivity contribution in [3.8, 4) is 11.3 Å². The fourth-order valence-corrected chi connectivity index (χ4v) is 1.51. The van der Waals surface area contributed by atoms with Crippen LogP contribution in [0.2, 0.25) is 0 Å². The van der Waals surface area contributed by atoms with Crippen LogP contribution in [0.3, 0.4) is 0 Å². The van der Waals surface area contributed by atoms with E-state index in [2.05, 4.69) is 15.3 Å². The van der Waals surface area contributed by atoms with Crippen LogP contribution in [-0.4, -0.2) is 17.0 Å². The van der Waals surface area contributed by atoms with Crippen LogP contribution in [0.1, 0.15) is 5.56 Å². The SMILES string of the molecule is CNc1ncc(F)c(-c2ccc(C)c(F)c2F)n1. The highest BCUT2D eigenvalue weighted by Gasteiger charge is 2.17. The van der Waals surface area contributed by atoms with E-state index in [0.717, 1.165) is 6.20 Å². The van der Waals surface area contributed by atoms with Crippen molar-refractivity contribution in [2.45, 2.75) is 6.92 Å². The largest absolute Gasteiger partial charge is 0.357 e. The predicted molar refractivity (Wildman–Crippen MR) is 61.6 cm³/mol. The summed E-state index contributed by atoms with van der Waals surface area (Å²) in [7, 11) is 1.54. The molecular weight excluding hydrogens is 243 g/mol. The Bertz CT molecular complexity index is 599. The molecule has 1 aromatic heterocycles. The molecule has 18 heavy (non-hydrogen) atoms. The van der Waals surface area contributed by atoms with Gasteiger partial charge in [0.05, 0.1) is 6.20 Å². The van der Waals surface area contributed by atoms with E-state index in [4.69, 9.17) is 0 Å². The number of halogens is 3. The molecule has 2 rings (SSSR count). The molecule has 0 amide bonds. The Labute approximate surface area is 102 Å². The van der Waals surface area contributed by atoms with Crippen LogP contribution in [0.5, 0.6) is 0 Å². The maximum absolute atomic E-state index is 13.7. The molecule has 3 nitrogen and oxygen atoms in total. The van der Waals surface area contributed by atoms with E-state index in [-0.39, 0.29) is 22.8 Å². The lowest BCUT2D eigenvalue weighted by Gasteiger charge is -2.07. The maximum Gasteiger partial charge on any atom is 0.223 e. The van der Waals surface area contributed by atoms with Gasteiger partial charge in [0.25, 0.3) is 0 Å². The second-order valence-corrected chi connectivity index (χ2v) is 3.70. The molecule has 0 atom stereocenters. The van der Waals surface area contributed by atoms with Crippen molar-refractivity contribution >= 4 is 5.95 Å². The molecule has 94 valence electrons. The first kappa shape index (κ1) is 12.3. The van der Waals surface area contributed by atoms with Crippen molar-refractivity contribution in [2.24, 2.45) is 0 Å². The van der Waals surface area contributed by atoms with Gasteiger partial charge in [0, 0.05) is 12.6 Å². The zero-order valence-corrected chi connectivity index (χ0v) is 9.76. The van der Waals surface area contributed by atoms with Crippen LogP contribution in [0.4, 0.5) is 19.1 Å². The summed E-state index contributed by atoms with van der Waals surface area (Å²) < 4.78 is 40.7. The molecule has 0 radical (unpaired) electrons. The van der Waals surface area contributed by atoms with Crippen LogP contribution < -0.4 is 5.32 Å². The van der Waals surface area contributed by atoms with Gasteiger partial charge in [-0.3, -0.25) is 0 Å². The van der Waals surface area contributed by atoms with Gasteiger partial charge >= 0.3 is 0 Å². The van der Waals surface area contributed by atoms with Crippen LogP contribution in [0.25, 0.3) is 11.3 Å². The zero-order valence-electron chi connectivity index (χ0n) is 9.76. The number of nitrogens with one attached hydrogen (secondary N) is 1. The highest BCUT2D eigenvalue weighted by molar-refractivity contribution is 5.62. The third-order valence-corrected chi connectivity index (χ3v) is 2.50. The van der Waals surface area contributed by atoms with Gasteiger partial charge in [-0.05, 0) is 18.6 Å². The number of rotatable bonds is 2. The van der Waals surface area contributed by atoms with Crippen molar-refractivity contribution in [1.82, 2.24) is 9.97 Å². The average Bonchev–Trinajstić information content (AvgIpc) is 2.37. The van der Waals surface area contributed by atoms with E-state index in [0.29, 0.717) is 0 Å². The lowest BCUT2D eigenvalue weighted by atomic mass is 10.1. The highest BCUT2D eigenvalue weighted by atomic mass is 19.2. The normalized spacial score (nSPS) is 10.5. The number of aromatic nitrogens is 2. The van der Waals surface area contributed by atoms with Gasteiger partial charge in [0.1, 0.15) is 5.69 Å². The summed E-state index contributed by atoms with van der Waals surface area (Å²) in [5.74, 6) is -2.80. The fraction of sp³-hybridized carbons (Fsp3) is 0.167. The highest BCUT2D eigenvalue weighted by Crippen LogP contribution is 2.27. The zero-order chi connectivity index (χ0) is 13.3. The van der Waals surface area contributed by atoms with E-state index < -0.39 is 17.5 Å². The first-order valence-corrected chi connectivity index (χ1v) is 5.20. The maximum atomic E-state index is 13.7. The van der Waals surface area contributed by atoms with Crippen molar-refractivity contribution in [1.29, 1.82) is 0 Å². The number of nitrogens with zero attached hydrogens (tertiary/aromatic N) is 2. The summed E-state index contributed by atoms with van der Waals surface area (Å²) in [6.07, 6.45) is 0.908. The van der Waals surface area contributed by atoms with Gasteiger partial charge in [-0.15, -0.1) is 0 Å². The molecule has 0 bridgehead atoms. The molecule has 6 heteroatoms. The first-order valence-electron chi connectivity index (χ1n) is 5.20. The molecule has 0 aliphatic rings. The predicted octanol–water partition coefficient (Wildman–Crippen LogP) is 2.91. The number of anilines is 1.